The standard InChI is InChI=1S/C20H20O3/c1-20(2)12-11-16-18(23-20)10-9-15(19(16)22-3)17(21)13-14-7-5-4-6-8-14/h4-12H,13H2,1-3H3. The first kappa shape index (κ1) is 15.3. The van der Waals surface area contributed by atoms with Crippen LogP contribution >= 0.6 is 0 Å². The van der Waals surface area contributed by atoms with Gasteiger partial charge in [0.25, 0.3) is 0 Å². The summed E-state index contributed by atoms with van der Waals surface area (Å²) in [6.45, 7) is 3.99. The van der Waals surface area contributed by atoms with E-state index < -0.39 is 0 Å². The Balaban J connectivity index is 1.96. The summed E-state index contributed by atoms with van der Waals surface area (Å²) in [7, 11) is 1.59. The molecule has 0 amide bonds. The number of fused-ring (bicyclic) bond motifs is 1. The van der Waals surface area contributed by atoms with Gasteiger partial charge in [0.2, 0.25) is 0 Å². The summed E-state index contributed by atoms with van der Waals surface area (Å²) >= 11 is 0. The minimum absolute atomic E-state index is 0.0362. The molecule has 0 saturated carbocycles. The minimum atomic E-state index is -0.354. The van der Waals surface area contributed by atoms with Crippen LogP contribution in [0, 0.1) is 0 Å². The Kier molecular flexibility index (Phi) is 3.95. The predicted octanol–water partition coefficient (Wildman–Crippen LogP) is 4.30. The van der Waals surface area contributed by atoms with E-state index in [0.29, 0.717) is 17.7 Å². The number of ether oxygens (including phenoxy) is 2. The van der Waals surface area contributed by atoms with Crippen molar-refractivity contribution >= 4 is 11.9 Å². The number of carbonyl (C=O) groups is 1. The maximum Gasteiger partial charge on any atom is 0.170 e. The Morgan fingerprint density at radius 2 is 1.87 bits per heavy atom. The van der Waals surface area contributed by atoms with Crippen LogP contribution in [0.25, 0.3) is 6.08 Å². The van der Waals surface area contributed by atoms with Crippen molar-refractivity contribution in [3.05, 3.63) is 65.2 Å². The van der Waals surface area contributed by atoms with Crippen molar-refractivity contribution in [2.75, 3.05) is 7.11 Å². The molecular weight excluding hydrogens is 288 g/mol. The molecule has 1 heterocycles. The third kappa shape index (κ3) is 3.14. The number of hydrogen-bond donors (Lipinski definition) is 0. The lowest BCUT2D eigenvalue weighted by Gasteiger charge is -2.29. The van der Waals surface area contributed by atoms with E-state index >= 15 is 0 Å². The number of benzene rings is 2. The van der Waals surface area contributed by atoms with Crippen LogP contribution in [0.2, 0.25) is 0 Å². The SMILES string of the molecule is COc1c(C(=O)Cc2ccccc2)ccc2c1C=CC(C)(C)O2. The predicted molar refractivity (Wildman–Crippen MR) is 91.2 cm³/mol. The Labute approximate surface area is 136 Å². The van der Waals surface area contributed by atoms with Gasteiger partial charge in [-0.25, -0.2) is 0 Å². The van der Waals surface area contributed by atoms with Gasteiger partial charge in [0.1, 0.15) is 17.1 Å². The first-order valence-electron chi connectivity index (χ1n) is 7.66. The molecule has 0 aliphatic carbocycles. The molecule has 0 spiro atoms. The molecule has 0 aromatic heterocycles. The Hall–Kier alpha value is -2.55. The molecule has 0 fully saturated rings. The van der Waals surface area contributed by atoms with Crippen molar-refractivity contribution in [1.29, 1.82) is 0 Å². The van der Waals surface area contributed by atoms with E-state index in [9.17, 15) is 4.79 Å². The Bertz CT molecular complexity index is 758. The summed E-state index contributed by atoms with van der Waals surface area (Å²) in [6, 6.07) is 13.4. The quantitative estimate of drug-likeness (QED) is 0.790. The molecule has 0 atom stereocenters. The average Bonchev–Trinajstić information content (AvgIpc) is 2.53. The van der Waals surface area contributed by atoms with Crippen LogP contribution in [-0.2, 0) is 6.42 Å². The molecule has 3 rings (SSSR count). The summed E-state index contributed by atoms with van der Waals surface area (Å²) in [5, 5.41) is 0. The van der Waals surface area contributed by atoms with Crippen molar-refractivity contribution in [3.8, 4) is 11.5 Å². The van der Waals surface area contributed by atoms with Crippen molar-refractivity contribution in [2.24, 2.45) is 0 Å². The lowest BCUT2D eigenvalue weighted by atomic mass is 9.96. The van der Waals surface area contributed by atoms with E-state index in [2.05, 4.69) is 0 Å². The zero-order valence-electron chi connectivity index (χ0n) is 13.6. The molecule has 3 heteroatoms. The van der Waals surface area contributed by atoms with E-state index in [-0.39, 0.29) is 11.4 Å². The van der Waals surface area contributed by atoms with Gasteiger partial charge in [0, 0.05) is 6.42 Å². The third-order valence-corrected chi connectivity index (χ3v) is 3.89. The smallest absolute Gasteiger partial charge is 0.170 e. The summed E-state index contributed by atoms with van der Waals surface area (Å²) in [5.41, 5.74) is 2.05. The van der Waals surface area contributed by atoms with Crippen LogP contribution < -0.4 is 9.47 Å². The summed E-state index contributed by atoms with van der Waals surface area (Å²) < 4.78 is 11.5. The van der Waals surface area contributed by atoms with E-state index in [1.54, 1.807) is 13.2 Å². The molecular formula is C20H20O3. The van der Waals surface area contributed by atoms with Crippen LogP contribution in [0.3, 0.4) is 0 Å². The number of carbonyl (C=O) groups excluding carboxylic acids is 1. The van der Waals surface area contributed by atoms with Gasteiger partial charge < -0.3 is 9.47 Å². The molecule has 118 valence electrons. The summed E-state index contributed by atoms with van der Waals surface area (Å²) in [5.74, 6) is 1.36. The van der Waals surface area contributed by atoms with Crippen molar-refractivity contribution in [1.82, 2.24) is 0 Å². The van der Waals surface area contributed by atoms with Crippen LogP contribution in [0.4, 0.5) is 0 Å². The van der Waals surface area contributed by atoms with Crippen molar-refractivity contribution < 1.29 is 14.3 Å². The second kappa shape index (κ2) is 5.92. The monoisotopic (exact) mass is 308 g/mol. The molecule has 3 nitrogen and oxygen atoms in total. The molecule has 0 unspecified atom stereocenters. The maximum atomic E-state index is 12.7. The number of Topliss-reactive ketones (excluding diaryl/α,β-unsaturated/α-hetero) is 1. The second-order valence-corrected chi connectivity index (χ2v) is 6.18. The fourth-order valence-corrected chi connectivity index (χ4v) is 2.75. The minimum Gasteiger partial charge on any atom is -0.495 e. The second-order valence-electron chi connectivity index (χ2n) is 6.18. The number of hydrogen-bond acceptors (Lipinski definition) is 3. The van der Waals surface area contributed by atoms with Crippen LogP contribution in [0.5, 0.6) is 11.5 Å². The Morgan fingerprint density at radius 1 is 1.13 bits per heavy atom. The van der Waals surface area contributed by atoms with Gasteiger partial charge in [-0.2, -0.15) is 0 Å². The van der Waals surface area contributed by atoms with E-state index in [0.717, 1.165) is 16.9 Å². The summed E-state index contributed by atoms with van der Waals surface area (Å²) in [6.07, 6.45) is 4.30. The maximum absolute atomic E-state index is 12.7. The van der Waals surface area contributed by atoms with Gasteiger partial charge in [-0.3, -0.25) is 4.79 Å². The van der Waals surface area contributed by atoms with Gasteiger partial charge in [0.15, 0.2) is 5.78 Å². The highest BCUT2D eigenvalue weighted by atomic mass is 16.5. The zero-order chi connectivity index (χ0) is 16.4. The van der Waals surface area contributed by atoms with Crippen LogP contribution in [-0.4, -0.2) is 18.5 Å². The Morgan fingerprint density at radius 3 is 2.57 bits per heavy atom. The molecule has 1 aliphatic heterocycles. The highest BCUT2D eigenvalue weighted by molar-refractivity contribution is 6.01. The number of ketones is 1. The lowest BCUT2D eigenvalue weighted by molar-refractivity contribution is 0.0989. The summed E-state index contributed by atoms with van der Waals surface area (Å²) in [4.78, 5) is 12.7. The molecule has 0 saturated heterocycles. The van der Waals surface area contributed by atoms with Gasteiger partial charge in [-0.1, -0.05) is 30.3 Å². The fraction of sp³-hybridized carbons (Fsp3) is 0.250. The van der Waals surface area contributed by atoms with Crippen LogP contribution in [0.1, 0.15) is 35.3 Å². The molecule has 0 radical (unpaired) electrons. The number of methoxy groups -OCH3 is 1. The highest BCUT2D eigenvalue weighted by Gasteiger charge is 2.26. The largest absolute Gasteiger partial charge is 0.495 e. The first-order valence-corrected chi connectivity index (χ1v) is 7.66. The highest BCUT2D eigenvalue weighted by Crippen LogP contribution is 2.39. The van der Waals surface area contributed by atoms with E-state index in [1.165, 1.54) is 0 Å². The fourth-order valence-electron chi connectivity index (χ4n) is 2.75. The van der Waals surface area contributed by atoms with Gasteiger partial charge in [0.05, 0.1) is 18.2 Å². The van der Waals surface area contributed by atoms with Gasteiger partial charge in [-0.05, 0) is 43.7 Å². The molecule has 0 N–H and O–H groups in total. The molecule has 23 heavy (non-hydrogen) atoms. The van der Waals surface area contributed by atoms with Crippen molar-refractivity contribution in [2.45, 2.75) is 25.9 Å². The molecule has 1 aliphatic rings. The topological polar surface area (TPSA) is 35.5 Å². The lowest BCUT2D eigenvalue weighted by Crippen LogP contribution is -2.27. The normalized spacial score (nSPS) is 14.7. The number of rotatable bonds is 4. The van der Waals surface area contributed by atoms with Gasteiger partial charge >= 0.3 is 0 Å². The molecule has 2 aromatic rings. The van der Waals surface area contributed by atoms with Crippen LogP contribution in [0.15, 0.2) is 48.5 Å². The molecule has 2 aromatic carbocycles. The van der Waals surface area contributed by atoms with Gasteiger partial charge in [-0.15, -0.1) is 0 Å². The van der Waals surface area contributed by atoms with E-state index in [4.69, 9.17) is 9.47 Å². The van der Waals surface area contributed by atoms with E-state index in [1.807, 2.05) is 62.4 Å². The average molecular weight is 308 g/mol. The first-order chi connectivity index (χ1) is 11.0. The molecule has 0 bridgehead atoms. The van der Waals surface area contributed by atoms with Crippen molar-refractivity contribution in [3.63, 3.8) is 0 Å². The third-order valence-electron chi connectivity index (χ3n) is 3.89. The zero-order valence-corrected chi connectivity index (χ0v) is 13.6.